The SMILES string of the molecule is O=C(CSc1ccc(S(=O)(=O)c2cccc(F)c2)nn1)Nc1ccc2c(c1)OCCO2. The van der Waals surface area contributed by atoms with Crippen LogP contribution in [0.2, 0.25) is 0 Å². The van der Waals surface area contributed by atoms with Gasteiger partial charge >= 0.3 is 0 Å². The van der Waals surface area contributed by atoms with Crippen LogP contribution < -0.4 is 14.8 Å². The number of nitrogens with zero attached hydrogens (tertiary/aromatic N) is 2. The molecular weight excluding hydrogens is 445 g/mol. The molecule has 0 saturated heterocycles. The maximum atomic E-state index is 13.3. The van der Waals surface area contributed by atoms with Crippen LogP contribution in [0.15, 0.2) is 69.5 Å². The van der Waals surface area contributed by atoms with E-state index in [9.17, 15) is 17.6 Å². The zero-order chi connectivity index (χ0) is 21.8. The van der Waals surface area contributed by atoms with Crippen molar-refractivity contribution in [2.45, 2.75) is 14.9 Å². The van der Waals surface area contributed by atoms with Crippen molar-refractivity contribution in [1.29, 1.82) is 0 Å². The number of anilines is 1. The molecule has 8 nitrogen and oxygen atoms in total. The van der Waals surface area contributed by atoms with Gasteiger partial charge in [0.25, 0.3) is 0 Å². The van der Waals surface area contributed by atoms with E-state index < -0.39 is 15.7 Å². The van der Waals surface area contributed by atoms with Crippen LogP contribution in [0.5, 0.6) is 11.5 Å². The predicted octanol–water partition coefficient (Wildman–Crippen LogP) is 2.95. The minimum absolute atomic E-state index is 0.0408. The summed E-state index contributed by atoms with van der Waals surface area (Å²) in [5, 5.41) is 10.4. The van der Waals surface area contributed by atoms with Gasteiger partial charge in [-0.2, -0.15) is 0 Å². The molecule has 1 aromatic heterocycles. The zero-order valence-corrected chi connectivity index (χ0v) is 17.6. The lowest BCUT2D eigenvalue weighted by Gasteiger charge is -2.18. The predicted molar refractivity (Wildman–Crippen MR) is 111 cm³/mol. The van der Waals surface area contributed by atoms with Crippen LogP contribution in [0.4, 0.5) is 10.1 Å². The summed E-state index contributed by atoms with van der Waals surface area (Å²) < 4.78 is 49.3. The molecule has 1 amide bonds. The Balaban J connectivity index is 1.36. The van der Waals surface area contributed by atoms with Gasteiger partial charge in [0.2, 0.25) is 15.7 Å². The normalized spacial score (nSPS) is 12.9. The molecule has 0 fully saturated rings. The summed E-state index contributed by atoms with van der Waals surface area (Å²) in [5.74, 6) is 0.295. The monoisotopic (exact) mass is 461 g/mol. The summed E-state index contributed by atoms with van der Waals surface area (Å²) >= 11 is 1.10. The Bertz CT molecular complexity index is 1220. The average Bonchev–Trinajstić information content (AvgIpc) is 2.78. The number of halogens is 1. The molecule has 31 heavy (non-hydrogen) atoms. The summed E-state index contributed by atoms with van der Waals surface area (Å²) in [5.41, 5.74) is 0.567. The maximum Gasteiger partial charge on any atom is 0.234 e. The number of nitrogens with one attached hydrogen (secondary N) is 1. The number of hydrogen-bond donors (Lipinski definition) is 1. The first-order valence-corrected chi connectivity index (χ1v) is 11.6. The van der Waals surface area contributed by atoms with Crippen molar-refractivity contribution in [3.63, 3.8) is 0 Å². The van der Waals surface area contributed by atoms with Gasteiger partial charge in [0.05, 0.1) is 10.6 Å². The van der Waals surface area contributed by atoms with E-state index in [0.717, 1.165) is 23.9 Å². The molecule has 0 bridgehead atoms. The van der Waals surface area contributed by atoms with E-state index in [2.05, 4.69) is 15.5 Å². The molecule has 0 atom stereocenters. The third-order valence-electron chi connectivity index (χ3n) is 4.17. The Kier molecular flexibility index (Phi) is 6.05. The van der Waals surface area contributed by atoms with E-state index in [1.807, 2.05) is 0 Å². The Hall–Kier alpha value is -3.18. The van der Waals surface area contributed by atoms with Crippen molar-refractivity contribution in [3.05, 3.63) is 60.4 Å². The van der Waals surface area contributed by atoms with Crippen molar-refractivity contribution in [2.75, 3.05) is 24.3 Å². The first kappa shape index (κ1) is 21.1. The van der Waals surface area contributed by atoms with Crippen molar-refractivity contribution >= 4 is 33.2 Å². The van der Waals surface area contributed by atoms with Crippen LogP contribution >= 0.6 is 11.8 Å². The molecule has 1 aliphatic heterocycles. The molecule has 160 valence electrons. The second kappa shape index (κ2) is 8.90. The molecule has 0 spiro atoms. The minimum Gasteiger partial charge on any atom is -0.486 e. The Morgan fingerprint density at radius 2 is 1.84 bits per heavy atom. The Labute approximate surface area is 181 Å². The Morgan fingerprint density at radius 1 is 1.03 bits per heavy atom. The molecule has 4 rings (SSSR count). The van der Waals surface area contributed by atoms with Crippen LogP contribution in [0.1, 0.15) is 0 Å². The summed E-state index contributed by atoms with van der Waals surface area (Å²) in [6.45, 7) is 0.933. The lowest BCUT2D eigenvalue weighted by molar-refractivity contribution is -0.113. The van der Waals surface area contributed by atoms with E-state index in [-0.39, 0.29) is 21.6 Å². The lowest BCUT2D eigenvalue weighted by atomic mass is 10.2. The Morgan fingerprint density at radius 3 is 2.58 bits per heavy atom. The number of hydrogen-bond acceptors (Lipinski definition) is 8. The van der Waals surface area contributed by atoms with Gasteiger partial charge in [0, 0.05) is 11.8 Å². The third kappa shape index (κ3) is 4.94. The van der Waals surface area contributed by atoms with Gasteiger partial charge in [-0.1, -0.05) is 17.8 Å². The molecule has 0 radical (unpaired) electrons. The zero-order valence-electron chi connectivity index (χ0n) is 15.9. The van der Waals surface area contributed by atoms with E-state index in [1.54, 1.807) is 18.2 Å². The topological polar surface area (TPSA) is 107 Å². The fourth-order valence-corrected chi connectivity index (χ4v) is 4.52. The van der Waals surface area contributed by atoms with Crippen molar-refractivity contribution < 1.29 is 27.1 Å². The molecule has 3 aromatic rings. The van der Waals surface area contributed by atoms with Gasteiger partial charge in [-0.3, -0.25) is 4.79 Å². The number of thioether (sulfide) groups is 1. The molecule has 0 aliphatic carbocycles. The highest BCUT2D eigenvalue weighted by molar-refractivity contribution is 7.99. The standard InChI is InChI=1S/C20H16FN3O5S2/c21-13-2-1-3-15(10-13)31(26,27)20-7-6-19(23-24-20)30-12-18(25)22-14-4-5-16-17(11-14)29-9-8-28-16/h1-7,10-11H,8-9,12H2,(H,22,25). The number of fused-ring (bicyclic) bond motifs is 1. The van der Waals surface area contributed by atoms with Crippen molar-refractivity contribution in [2.24, 2.45) is 0 Å². The van der Waals surface area contributed by atoms with E-state index >= 15 is 0 Å². The van der Waals surface area contributed by atoms with Gasteiger partial charge in [-0.15, -0.1) is 10.2 Å². The highest BCUT2D eigenvalue weighted by Crippen LogP contribution is 2.32. The highest BCUT2D eigenvalue weighted by Gasteiger charge is 2.20. The second-order valence-electron chi connectivity index (χ2n) is 6.37. The second-order valence-corrected chi connectivity index (χ2v) is 9.26. The van der Waals surface area contributed by atoms with Gasteiger partial charge < -0.3 is 14.8 Å². The van der Waals surface area contributed by atoms with Gasteiger partial charge in [-0.05, 0) is 42.5 Å². The minimum atomic E-state index is -3.98. The molecule has 1 aliphatic rings. The molecule has 0 unspecified atom stereocenters. The van der Waals surface area contributed by atoms with Gasteiger partial charge in [0.1, 0.15) is 24.1 Å². The highest BCUT2D eigenvalue weighted by atomic mass is 32.2. The molecular formula is C20H16FN3O5S2. The smallest absolute Gasteiger partial charge is 0.234 e. The lowest BCUT2D eigenvalue weighted by Crippen LogP contribution is -2.17. The van der Waals surface area contributed by atoms with Crippen LogP contribution in [0.25, 0.3) is 0 Å². The molecule has 2 aromatic carbocycles. The molecule has 1 N–H and O–H groups in total. The molecule has 2 heterocycles. The summed E-state index contributed by atoms with van der Waals surface area (Å²) in [6, 6.07) is 12.5. The number of ether oxygens (including phenoxy) is 2. The van der Waals surface area contributed by atoms with Crippen LogP contribution in [-0.2, 0) is 14.6 Å². The first-order valence-electron chi connectivity index (χ1n) is 9.08. The number of amides is 1. The van der Waals surface area contributed by atoms with E-state index in [1.165, 1.54) is 24.3 Å². The summed E-state index contributed by atoms with van der Waals surface area (Å²) in [7, 11) is -3.98. The number of sulfone groups is 1. The largest absolute Gasteiger partial charge is 0.486 e. The summed E-state index contributed by atoms with van der Waals surface area (Å²) in [6.07, 6.45) is 0. The number of carbonyl (C=O) groups is 1. The molecule has 11 heteroatoms. The number of aromatic nitrogens is 2. The summed E-state index contributed by atoms with van der Waals surface area (Å²) in [4.78, 5) is 12.0. The van der Waals surface area contributed by atoms with Crippen LogP contribution in [0, 0.1) is 5.82 Å². The quantitative estimate of drug-likeness (QED) is 0.559. The van der Waals surface area contributed by atoms with Gasteiger partial charge in [-0.25, -0.2) is 12.8 Å². The van der Waals surface area contributed by atoms with Gasteiger partial charge in [0.15, 0.2) is 16.5 Å². The number of rotatable bonds is 6. The maximum absolute atomic E-state index is 13.3. The van der Waals surface area contributed by atoms with Crippen molar-refractivity contribution in [3.8, 4) is 11.5 Å². The number of benzene rings is 2. The first-order chi connectivity index (χ1) is 14.9. The van der Waals surface area contributed by atoms with Crippen LogP contribution in [-0.4, -0.2) is 43.5 Å². The fraction of sp³-hybridized carbons (Fsp3) is 0.150. The fourth-order valence-electron chi connectivity index (χ4n) is 2.74. The van der Waals surface area contributed by atoms with E-state index in [4.69, 9.17) is 9.47 Å². The van der Waals surface area contributed by atoms with Crippen molar-refractivity contribution in [1.82, 2.24) is 10.2 Å². The van der Waals surface area contributed by atoms with Crippen LogP contribution in [0.3, 0.4) is 0 Å². The van der Waals surface area contributed by atoms with E-state index in [0.29, 0.717) is 35.4 Å². The molecule has 0 saturated carbocycles. The number of carbonyl (C=O) groups excluding carboxylic acids is 1. The third-order valence-corrected chi connectivity index (χ3v) is 6.74. The average molecular weight is 461 g/mol.